The van der Waals surface area contributed by atoms with Gasteiger partial charge >= 0.3 is 0 Å². The van der Waals surface area contributed by atoms with Crippen LogP contribution in [0.4, 0.5) is 11.4 Å². The Morgan fingerprint density at radius 1 is 1.44 bits per heavy atom. The number of hydrogen-bond acceptors (Lipinski definition) is 4. The summed E-state index contributed by atoms with van der Waals surface area (Å²) in [5.41, 5.74) is 1.17. The van der Waals surface area contributed by atoms with Gasteiger partial charge in [0.2, 0.25) is 0 Å². The Kier molecular flexibility index (Phi) is 4.67. The predicted octanol–water partition coefficient (Wildman–Crippen LogP) is 3.34. The molecule has 0 unspecified atom stereocenters. The van der Waals surface area contributed by atoms with Gasteiger partial charge in [-0.15, -0.1) is 0 Å². The van der Waals surface area contributed by atoms with E-state index in [1.807, 2.05) is 26.8 Å². The maximum absolute atomic E-state index is 10.9. The summed E-state index contributed by atoms with van der Waals surface area (Å²) in [5, 5.41) is 13.8. The minimum Gasteiger partial charge on any atom is -0.382 e. The molecule has 0 aliphatic rings. The fourth-order valence-corrected chi connectivity index (χ4v) is 1.52. The topological polar surface area (TPSA) is 64.4 Å². The molecule has 1 aromatic rings. The summed E-state index contributed by atoms with van der Waals surface area (Å²) >= 11 is 0. The molecule has 5 heteroatoms. The Morgan fingerprint density at radius 3 is 2.61 bits per heavy atom. The van der Waals surface area contributed by atoms with Crippen LogP contribution in [0.1, 0.15) is 32.8 Å². The van der Waals surface area contributed by atoms with Gasteiger partial charge < -0.3 is 10.1 Å². The lowest BCUT2D eigenvalue weighted by Gasteiger charge is -2.24. The minimum atomic E-state index is -0.389. The van der Waals surface area contributed by atoms with E-state index in [1.165, 1.54) is 6.07 Å². The first-order valence-electron chi connectivity index (χ1n) is 5.99. The molecule has 1 rings (SSSR count). The molecule has 0 aliphatic carbocycles. The van der Waals surface area contributed by atoms with Crippen LogP contribution < -0.4 is 5.32 Å². The number of para-hydroxylation sites is 1. The van der Waals surface area contributed by atoms with Gasteiger partial charge in [0.25, 0.3) is 5.69 Å². The Morgan fingerprint density at radius 2 is 2.11 bits per heavy atom. The van der Waals surface area contributed by atoms with Crippen molar-refractivity contribution in [3.8, 4) is 0 Å². The molecule has 0 spiro atoms. The summed E-state index contributed by atoms with van der Waals surface area (Å²) in [7, 11) is 1.68. The summed E-state index contributed by atoms with van der Waals surface area (Å²) in [6.07, 6.45) is 0.886. The largest absolute Gasteiger partial charge is 0.382 e. The van der Waals surface area contributed by atoms with Crippen molar-refractivity contribution in [3.63, 3.8) is 0 Å². The first kappa shape index (κ1) is 14.4. The molecule has 0 saturated heterocycles. The smallest absolute Gasteiger partial charge is 0.292 e. The molecule has 0 radical (unpaired) electrons. The van der Waals surface area contributed by atoms with Crippen molar-refractivity contribution in [1.82, 2.24) is 0 Å². The van der Waals surface area contributed by atoms with Gasteiger partial charge in [0.05, 0.1) is 17.1 Å². The Labute approximate surface area is 107 Å². The maximum atomic E-state index is 10.9. The SMILES string of the molecule is CCC(C)(C)OCc1cccc([N+](=O)[O-])c1NC. The van der Waals surface area contributed by atoms with E-state index in [4.69, 9.17) is 4.74 Å². The number of benzene rings is 1. The highest BCUT2D eigenvalue weighted by atomic mass is 16.6. The van der Waals surface area contributed by atoms with Gasteiger partial charge in [0.15, 0.2) is 0 Å². The minimum absolute atomic E-state index is 0.0768. The average Bonchev–Trinajstić information content (AvgIpc) is 2.35. The Hall–Kier alpha value is -1.62. The molecule has 0 atom stereocenters. The van der Waals surface area contributed by atoms with Gasteiger partial charge in [-0.2, -0.15) is 0 Å². The molecular weight excluding hydrogens is 232 g/mol. The van der Waals surface area contributed by atoms with E-state index in [0.717, 1.165) is 12.0 Å². The van der Waals surface area contributed by atoms with Gasteiger partial charge in [0, 0.05) is 18.7 Å². The normalized spacial score (nSPS) is 11.3. The fraction of sp³-hybridized carbons (Fsp3) is 0.538. The number of nitro benzene ring substituents is 1. The molecule has 0 heterocycles. The monoisotopic (exact) mass is 252 g/mol. The number of hydrogen-bond donors (Lipinski definition) is 1. The lowest BCUT2D eigenvalue weighted by molar-refractivity contribution is -0.384. The van der Waals surface area contributed by atoms with E-state index in [0.29, 0.717) is 12.3 Å². The summed E-state index contributed by atoms with van der Waals surface area (Å²) in [4.78, 5) is 10.5. The van der Waals surface area contributed by atoms with Gasteiger partial charge in [-0.05, 0) is 20.3 Å². The van der Waals surface area contributed by atoms with E-state index < -0.39 is 0 Å². The lowest BCUT2D eigenvalue weighted by Crippen LogP contribution is -2.23. The Balaban J connectivity index is 2.96. The molecule has 0 fully saturated rings. The third kappa shape index (κ3) is 3.43. The van der Waals surface area contributed by atoms with Gasteiger partial charge in [-0.1, -0.05) is 19.1 Å². The highest BCUT2D eigenvalue weighted by molar-refractivity contribution is 5.65. The van der Waals surface area contributed by atoms with Crippen molar-refractivity contribution in [2.45, 2.75) is 39.4 Å². The fourth-order valence-electron chi connectivity index (χ4n) is 1.52. The number of nitrogens with one attached hydrogen (secondary N) is 1. The number of nitrogens with zero attached hydrogens (tertiary/aromatic N) is 1. The number of nitro groups is 1. The zero-order valence-corrected chi connectivity index (χ0v) is 11.3. The molecular formula is C13H20N2O3. The summed E-state index contributed by atoms with van der Waals surface area (Å²) in [6, 6.07) is 5.00. The van der Waals surface area contributed by atoms with Crippen LogP contribution in [0, 0.1) is 10.1 Å². The lowest BCUT2D eigenvalue weighted by atomic mass is 10.1. The molecule has 0 bridgehead atoms. The van der Waals surface area contributed by atoms with E-state index in [-0.39, 0.29) is 16.2 Å². The summed E-state index contributed by atoms with van der Waals surface area (Å²) in [6.45, 7) is 6.41. The van der Waals surface area contributed by atoms with Crippen molar-refractivity contribution in [2.75, 3.05) is 12.4 Å². The van der Waals surface area contributed by atoms with E-state index in [2.05, 4.69) is 5.32 Å². The third-order valence-corrected chi connectivity index (χ3v) is 3.05. The standard InChI is InChI=1S/C13H20N2O3/c1-5-13(2,3)18-9-10-7-6-8-11(15(16)17)12(10)14-4/h6-8,14H,5,9H2,1-4H3. The molecule has 0 aliphatic heterocycles. The second-order valence-electron chi connectivity index (χ2n) is 4.72. The van der Waals surface area contributed by atoms with Crippen LogP contribution in [-0.4, -0.2) is 17.6 Å². The highest BCUT2D eigenvalue weighted by Gasteiger charge is 2.19. The molecule has 100 valence electrons. The van der Waals surface area contributed by atoms with Crippen LogP contribution in [0.15, 0.2) is 18.2 Å². The van der Waals surface area contributed by atoms with Crippen LogP contribution in [0.2, 0.25) is 0 Å². The van der Waals surface area contributed by atoms with Crippen LogP contribution in [0.3, 0.4) is 0 Å². The van der Waals surface area contributed by atoms with Gasteiger partial charge in [0.1, 0.15) is 5.69 Å². The second-order valence-corrected chi connectivity index (χ2v) is 4.72. The van der Waals surface area contributed by atoms with Crippen LogP contribution >= 0.6 is 0 Å². The zero-order valence-electron chi connectivity index (χ0n) is 11.3. The summed E-state index contributed by atoms with van der Waals surface area (Å²) in [5.74, 6) is 0. The number of ether oxygens (including phenoxy) is 1. The predicted molar refractivity (Wildman–Crippen MR) is 71.8 cm³/mol. The van der Waals surface area contributed by atoms with Crippen LogP contribution in [-0.2, 0) is 11.3 Å². The quantitative estimate of drug-likeness (QED) is 0.623. The third-order valence-electron chi connectivity index (χ3n) is 3.05. The van der Waals surface area contributed by atoms with Gasteiger partial charge in [-0.3, -0.25) is 10.1 Å². The molecule has 0 amide bonds. The first-order chi connectivity index (χ1) is 8.41. The Bertz CT molecular complexity index is 430. The van der Waals surface area contributed by atoms with E-state index in [1.54, 1.807) is 13.1 Å². The van der Waals surface area contributed by atoms with Crippen molar-refractivity contribution >= 4 is 11.4 Å². The first-order valence-corrected chi connectivity index (χ1v) is 5.99. The maximum Gasteiger partial charge on any atom is 0.292 e. The average molecular weight is 252 g/mol. The number of anilines is 1. The highest BCUT2D eigenvalue weighted by Crippen LogP contribution is 2.29. The van der Waals surface area contributed by atoms with Gasteiger partial charge in [-0.25, -0.2) is 0 Å². The molecule has 5 nitrogen and oxygen atoms in total. The molecule has 0 aromatic heterocycles. The van der Waals surface area contributed by atoms with Crippen molar-refractivity contribution in [2.24, 2.45) is 0 Å². The van der Waals surface area contributed by atoms with Crippen LogP contribution in [0.25, 0.3) is 0 Å². The molecule has 0 saturated carbocycles. The molecule has 1 N–H and O–H groups in total. The van der Waals surface area contributed by atoms with Crippen molar-refractivity contribution in [1.29, 1.82) is 0 Å². The van der Waals surface area contributed by atoms with Crippen LogP contribution in [0.5, 0.6) is 0 Å². The van der Waals surface area contributed by atoms with E-state index in [9.17, 15) is 10.1 Å². The van der Waals surface area contributed by atoms with Crippen molar-refractivity contribution < 1.29 is 9.66 Å². The van der Waals surface area contributed by atoms with Crippen molar-refractivity contribution in [3.05, 3.63) is 33.9 Å². The molecule has 1 aromatic carbocycles. The number of rotatable bonds is 6. The molecule has 18 heavy (non-hydrogen) atoms. The summed E-state index contributed by atoms with van der Waals surface area (Å²) < 4.78 is 5.78. The van der Waals surface area contributed by atoms with E-state index >= 15 is 0 Å². The second kappa shape index (κ2) is 5.82. The zero-order chi connectivity index (χ0) is 13.8.